The van der Waals surface area contributed by atoms with E-state index < -0.39 is 17.6 Å². The number of alkyl halides is 3. The van der Waals surface area contributed by atoms with Gasteiger partial charge >= 0.3 is 6.18 Å². The number of anilines is 2. The van der Waals surface area contributed by atoms with Crippen LogP contribution in [0.2, 0.25) is 0 Å². The number of nitrogens with zero attached hydrogens (tertiary/aromatic N) is 2. The van der Waals surface area contributed by atoms with Gasteiger partial charge in [-0.3, -0.25) is 4.79 Å². The molecular weight excluding hydrogens is 357 g/mol. The molecular formula is C19H15F3N4O. The smallest absolute Gasteiger partial charge is 0.347 e. The van der Waals surface area contributed by atoms with Crippen LogP contribution in [0, 0.1) is 0 Å². The lowest BCUT2D eigenvalue weighted by Crippen LogP contribution is -2.24. The zero-order valence-electron chi connectivity index (χ0n) is 14.0. The topological polar surface area (TPSA) is 66.9 Å². The van der Waals surface area contributed by atoms with Crippen LogP contribution < -0.4 is 10.6 Å². The first-order chi connectivity index (χ1) is 12.9. The fourth-order valence-electron chi connectivity index (χ4n) is 2.36. The van der Waals surface area contributed by atoms with Crippen LogP contribution in [0.1, 0.15) is 21.6 Å². The highest BCUT2D eigenvalue weighted by Gasteiger charge is 2.33. The lowest BCUT2D eigenvalue weighted by atomic mass is 10.1. The number of hydrogen-bond acceptors (Lipinski definition) is 4. The molecule has 0 bridgehead atoms. The quantitative estimate of drug-likeness (QED) is 0.706. The van der Waals surface area contributed by atoms with E-state index in [1.807, 2.05) is 30.3 Å². The average Bonchev–Trinajstić information content (AvgIpc) is 2.67. The summed E-state index contributed by atoms with van der Waals surface area (Å²) in [7, 11) is 0. The van der Waals surface area contributed by atoms with Gasteiger partial charge in [-0.2, -0.15) is 13.2 Å². The third-order valence-electron chi connectivity index (χ3n) is 3.68. The lowest BCUT2D eigenvalue weighted by Gasteiger charge is -2.13. The molecule has 0 saturated heterocycles. The van der Waals surface area contributed by atoms with E-state index in [1.54, 1.807) is 0 Å². The number of benzene rings is 2. The molecule has 0 atom stereocenters. The van der Waals surface area contributed by atoms with Crippen LogP contribution in [-0.2, 0) is 12.7 Å². The summed E-state index contributed by atoms with van der Waals surface area (Å²) in [5.41, 5.74) is 0.0542. The zero-order valence-corrected chi connectivity index (χ0v) is 14.0. The molecule has 0 aliphatic heterocycles. The van der Waals surface area contributed by atoms with E-state index >= 15 is 0 Å². The first-order valence-electron chi connectivity index (χ1n) is 8.01. The molecule has 1 heterocycles. The highest BCUT2D eigenvalue weighted by molar-refractivity contribution is 5.92. The van der Waals surface area contributed by atoms with Crippen molar-refractivity contribution in [2.45, 2.75) is 12.7 Å². The van der Waals surface area contributed by atoms with Crippen molar-refractivity contribution in [1.29, 1.82) is 0 Å². The van der Waals surface area contributed by atoms with Gasteiger partial charge < -0.3 is 10.6 Å². The average molecular weight is 372 g/mol. The lowest BCUT2D eigenvalue weighted by molar-refractivity contribution is -0.136. The number of nitrogens with one attached hydrogen (secondary N) is 2. The van der Waals surface area contributed by atoms with Crippen molar-refractivity contribution < 1.29 is 18.0 Å². The van der Waals surface area contributed by atoms with E-state index in [9.17, 15) is 18.0 Å². The van der Waals surface area contributed by atoms with Gasteiger partial charge in [-0.25, -0.2) is 9.97 Å². The van der Waals surface area contributed by atoms with Crippen LogP contribution >= 0.6 is 0 Å². The molecule has 138 valence electrons. The van der Waals surface area contributed by atoms with Crippen molar-refractivity contribution in [1.82, 2.24) is 15.3 Å². The van der Waals surface area contributed by atoms with Gasteiger partial charge in [0.2, 0.25) is 0 Å². The number of rotatable bonds is 5. The minimum atomic E-state index is -4.49. The molecule has 3 rings (SSSR count). The molecule has 0 fully saturated rings. The summed E-state index contributed by atoms with van der Waals surface area (Å²) in [5.74, 6) is -0.320. The van der Waals surface area contributed by atoms with Crippen LogP contribution in [0.4, 0.5) is 24.7 Å². The Balaban J connectivity index is 1.66. The van der Waals surface area contributed by atoms with Gasteiger partial charge in [-0.15, -0.1) is 0 Å². The Morgan fingerprint density at radius 3 is 2.30 bits per heavy atom. The number of aromatic nitrogens is 2. The highest BCUT2D eigenvalue weighted by atomic mass is 19.4. The van der Waals surface area contributed by atoms with Crippen molar-refractivity contribution in [3.8, 4) is 0 Å². The summed E-state index contributed by atoms with van der Waals surface area (Å²) < 4.78 is 39.1. The van der Waals surface area contributed by atoms with Gasteiger partial charge in [0.05, 0.1) is 23.6 Å². The van der Waals surface area contributed by atoms with Crippen molar-refractivity contribution >= 4 is 17.4 Å². The summed E-state index contributed by atoms with van der Waals surface area (Å²) >= 11 is 0. The Morgan fingerprint density at radius 2 is 1.63 bits per heavy atom. The predicted octanol–water partition coefficient (Wildman–Crippen LogP) is 4.17. The minimum Gasteiger partial charge on any atom is -0.347 e. The highest BCUT2D eigenvalue weighted by Crippen LogP contribution is 2.35. The van der Waals surface area contributed by atoms with Crippen LogP contribution in [0.5, 0.6) is 0 Å². The predicted molar refractivity (Wildman–Crippen MR) is 94.4 cm³/mol. The van der Waals surface area contributed by atoms with Crippen molar-refractivity contribution in [3.63, 3.8) is 0 Å². The second kappa shape index (κ2) is 7.86. The summed E-state index contributed by atoms with van der Waals surface area (Å²) in [4.78, 5) is 20.0. The van der Waals surface area contributed by atoms with E-state index in [4.69, 9.17) is 0 Å². The van der Waals surface area contributed by atoms with E-state index in [2.05, 4.69) is 20.6 Å². The summed E-state index contributed by atoms with van der Waals surface area (Å²) in [6.45, 7) is 0.334. The molecule has 3 aromatic rings. The standard InChI is InChI=1S/C19H15F3N4O/c20-19(21,22)14-8-4-5-9-15(14)26-17-12-23-16(11-24-17)18(27)25-10-13-6-2-1-3-7-13/h1-9,11-12H,10H2,(H,24,26)(H,25,27). The molecule has 0 spiro atoms. The summed E-state index contributed by atoms with van der Waals surface area (Å²) in [5, 5.41) is 5.28. The third kappa shape index (κ3) is 4.81. The third-order valence-corrected chi connectivity index (χ3v) is 3.68. The molecule has 27 heavy (non-hydrogen) atoms. The van der Waals surface area contributed by atoms with Gasteiger partial charge in [0.15, 0.2) is 0 Å². The molecule has 1 aromatic heterocycles. The zero-order chi connectivity index (χ0) is 19.3. The van der Waals surface area contributed by atoms with Crippen molar-refractivity contribution in [2.75, 3.05) is 5.32 Å². The van der Waals surface area contributed by atoms with Crippen molar-refractivity contribution in [2.24, 2.45) is 0 Å². The molecule has 0 aliphatic carbocycles. The minimum absolute atomic E-state index is 0.0700. The maximum absolute atomic E-state index is 13.0. The maximum atomic E-state index is 13.0. The Labute approximate surface area is 153 Å². The number of carbonyl (C=O) groups is 1. The second-order valence-corrected chi connectivity index (χ2v) is 5.62. The van der Waals surface area contributed by atoms with E-state index in [-0.39, 0.29) is 17.2 Å². The van der Waals surface area contributed by atoms with Gasteiger partial charge in [0, 0.05) is 6.54 Å². The molecule has 1 amide bonds. The Kier molecular flexibility index (Phi) is 5.35. The van der Waals surface area contributed by atoms with Crippen LogP contribution in [-0.4, -0.2) is 15.9 Å². The van der Waals surface area contributed by atoms with Gasteiger partial charge in [0.1, 0.15) is 11.5 Å². The molecule has 5 nitrogen and oxygen atoms in total. The fraction of sp³-hybridized carbons (Fsp3) is 0.105. The van der Waals surface area contributed by atoms with Gasteiger partial charge in [-0.1, -0.05) is 42.5 Å². The van der Waals surface area contributed by atoms with E-state index in [0.29, 0.717) is 6.54 Å². The number of amides is 1. The molecule has 0 saturated carbocycles. The Morgan fingerprint density at radius 1 is 0.926 bits per heavy atom. The van der Waals surface area contributed by atoms with Crippen LogP contribution in [0.3, 0.4) is 0 Å². The number of carbonyl (C=O) groups excluding carboxylic acids is 1. The summed E-state index contributed by atoms with van der Waals surface area (Å²) in [6, 6.07) is 14.4. The molecule has 2 aromatic carbocycles. The Hall–Kier alpha value is -3.42. The maximum Gasteiger partial charge on any atom is 0.418 e. The molecule has 0 radical (unpaired) electrons. The first kappa shape index (κ1) is 18.4. The normalized spacial score (nSPS) is 11.1. The second-order valence-electron chi connectivity index (χ2n) is 5.62. The SMILES string of the molecule is O=C(NCc1ccccc1)c1cnc(Nc2ccccc2C(F)(F)F)cn1. The first-order valence-corrected chi connectivity index (χ1v) is 8.01. The van der Waals surface area contributed by atoms with Crippen molar-refractivity contribution in [3.05, 3.63) is 83.8 Å². The van der Waals surface area contributed by atoms with E-state index in [1.165, 1.54) is 30.6 Å². The molecule has 0 aliphatic rings. The van der Waals surface area contributed by atoms with Crippen LogP contribution in [0.25, 0.3) is 0 Å². The fourth-order valence-corrected chi connectivity index (χ4v) is 2.36. The Bertz CT molecular complexity index is 912. The number of halogens is 3. The molecule has 8 heteroatoms. The van der Waals surface area contributed by atoms with Crippen LogP contribution in [0.15, 0.2) is 67.0 Å². The molecule has 0 unspecified atom stereocenters. The summed E-state index contributed by atoms with van der Waals surface area (Å²) in [6.07, 6.45) is -2.07. The largest absolute Gasteiger partial charge is 0.418 e. The monoisotopic (exact) mass is 372 g/mol. The molecule has 2 N–H and O–H groups in total. The number of hydrogen-bond donors (Lipinski definition) is 2. The van der Waals surface area contributed by atoms with Gasteiger partial charge in [-0.05, 0) is 17.7 Å². The van der Waals surface area contributed by atoms with Gasteiger partial charge in [0.25, 0.3) is 5.91 Å². The number of para-hydroxylation sites is 1. The van der Waals surface area contributed by atoms with E-state index in [0.717, 1.165) is 11.6 Å².